The van der Waals surface area contributed by atoms with E-state index >= 15 is 0 Å². The van der Waals surface area contributed by atoms with Crippen LogP contribution in [-0.2, 0) is 15.9 Å². The summed E-state index contributed by atoms with van der Waals surface area (Å²) in [6.45, 7) is 11.0. The van der Waals surface area contributed by atoms with E-state index in [1.54, 1.807) is 0 Å². The van der Waals surface area contributed by atoms with Crippen LogP contribution < -0.4 is 15.1 Å². The number of nitrogens with zero attached hydrogens (tertiary/aromatic N) is 2. The third kappa shape index (κ3) is 3.21. The molecule has 7 heteroatoms. The molecular formula is C28H30BN3O3. The Labute approximate surface area is 205 Å². The molecule has 2 fully saturated rings. The predicted molar refractivity (Wildman–Crippen MR) is 141 cm³/mol. The third-order valence-corrected chi connectivity index (χ3v) is 8.29. The van der Waals surface area contributed by atoms with Crippen LogP contribution in [0.1, 0.15) is 46.1 Å². The predicted octanol–water partition coefficient (Wildman–Crippen LogP) is 5.17. The summed E-state index contributed by atoms with van der Waals surface area (Å²) in [6.07, 6.45) is 2.46. The second-order valence-electron chi connectivity index (χ2n) is 11.1. The number of aromatic nitrogens is 2. The van der Waals surface area contributed by atoms with E-state index in [-0.39, 0.29) is 18.3 Å². The smallest absolute Gasteiger partial charge is 0.488 e. The second-order valence-corrected chi connectivity index (χ2v) is 11.1. The van der Waals surface area contributed by atoms with Gasteiger partial charge in [0.15, 0.2) is 0 Å². The number of nitrogens with one attached hydrogen (secondary N) is 1. The van der Waals surface area contributed by atoms with Gasteiger partial charge in [0.25, 0.3) is 0 Å². The molecule has 4 heterocycles. The molecule has 1 N–H and O–H groups in total. The van der Waals surface area contributed by atoms with Gasteiger partial charge < -0.3 is 23.9 Å². The minimum absolute atomic E-state index is 0.359. The lowest BCUT2D eigenvalue weighted by atomic mass is 9.77. The summed E-state index contributed by atoms with van der Waals surface area (Å²) in [6, 6.07) is 15.2. The lowest BCUT2D eigenvalue weighted by molar-refractivity contribution is 0.00578. The molecule has 3 aromatic carbocycles. The van der Waals surface area contributed by atoms with E-state index < -0.39 is 0 Å². The van der Waals surface area contributed by atoms with Crippen LogP contribution in [0, 0.1) is 0 Å². The van der Waals surface area contributed by atoms with Crippen molar-refractivity contribution in [3.63, 3.8) is 0 Å². The normalized spacial score (nSPS) is 20.3. The highest BCUT2D eigenvalue weighted by molar-refractivity contribution is 6.62. The number of hydrogen-bond donors (Lipinski definition) is 1. The molecule has 0 spiro atoms. The van der Waals surface area contributed by atoms with Gasteiger partial charge in [0.1, 0.15) is 12.4 Å². The molecule has 3 aliphatic rings. The summed E-state index contributed by atoms with van der Waals surface area (Å²) in [5.41, 5.74) is 5.87. The Morgan fingerprint density at radius 2 is 1.69 bits per heavy atom. The first kappa shape index (κ1) is 21.3. The van der Waals surface area contributed by atoms with Gasteiger partial charge in [0.05, 0.1) is 22.2 Å². The minimum atomic E-state index is -0.374. The Kier molecular flexibility index (Phi) is 4.40. The minimum Gasteiger partial charge on any atom is -0.488 e. The maximum absolute atomic E-state index is 6.28. The summed E-state index contributed by atoms with van der Waals surface area (Å²) in [5, 5.41) is 2.29. The number of anilines is 1. The average Bonchev–Trinajstić information content (AvgIpc) is 3.55. The number of ether oxygens (including phenoxy) is 1. The van der Waals surface area contributed by atoms with Gasteiger partial charge >= 0.3 is 7.12 Å². The average molecular weight is 467 g/mol. The fraction of sp³-hybridized carbons (Fsp3) is 0.393. The van der Waals surface area contributed by atoms with E-state index in [9.17, 15) is 0 Å². The summed E-state index contributed by atoms with van der Waals surface area (Å²) in [5.74, 6) is 1.89. The van der Waals surface area contributed by atoms with Crippen molar-refractivity contribution in [1.29, 1.82) is 0 Å². The van der Waals surface area contributed by atoms with Crippen molar-refractivity contribution >= 4 is 40.3 Å². The van der Waals surface area contributed by atoms with Gasteiger partial charge in [-0.05, 0) is 80.7 Å². The van der Waals surface area contributed by atoms with Gasteiger partial charge in [0.2, 0.25) is 5.95 Å². The Bertz CT molecular complexity index is 1470. The monoisotopic (exact) mass is 467 g/mol. The van der Waals surface area contributed by atoms with E-state index in [0.29, 0.717) is 6.61 Å². The SMILES string of the molecule is CC1(C)OB(c2ccc3c(c2)COc2cc4c(ccc5[nH]c(N6CCCC6)nc54)cc2-3)OC1(C)C. The van der Waals surface area contributed by atoms with Crippen molar-refractivity contribution in [2.45, 2.75) is 58.3 Å². The molecule has 6 nitrogen and oxygen atoms in total. The van der Waals surface area contributed by atoms with E-state index in [1.165, 1.54) is 23.8 Å². The number of benzene rings is 3. The second kappa shape index (κ2) is 7.25. The van der Waals surface area contributed by atoms with Crippen molar-refractivity contribution in [2.24, 2.45) is 0 Å². The van der Waals surface area contributed by atoms with Crippen molar-refractivity contribution in [3.05, 3.63) is 48.0 Å². The summed E-state index contributed by atoms with van der Waals surface area (Å²) >= 11 is 0. The topological polar surface area (TPSA) is 59.6 Å². The van der Waals surface area contributed by atoms with Crippen molar-refractivity contribution in [3.8, 4) is 16.9 Å². The first-order chi connectivity index (χ1) is 16.8. The van der Waals surface area contributed by atoms with Crippen molar-refractivity contribution < 1.29 is 14.0 Å². The van der Waals surface area contributed by atoms with Crippen LogP contribution in [0.25, 0.3) is 32.9 Å². The Morgan fingerprint density at radius 3 is 2.46 bits per heavy atom. The molecule has 0 bridgehead atoms. The quantitative estimate of drug-likeness (QED) is 0.412. The summed E-state index contributed by atoms with van der Waals surface area (Å²) < 4.78 is 18.8. The van der Waals surface area contributed by atoms with Crippen LogP contribution in [0.3, 0.4) is 0 Å². The Balaban J connectivity index is 1.28. The molecule has 4 aromatic rings. The third-order valence-electron chi connectivity index (χ3n) is 8.29. The first-order valence-corrected chi connectivity index (χ1v) is 12.6. The molecule has 7 rings (SSSR count). The largest absolute Gasteiger partial charge is 0.494 e. The van der Waals surface area contributed by atoms with Crippen molar-refractivity contribution in [2.75, 3.05) is 18.0 Å². The molecule has 0 unspecified atom stereocenters. The molecule has 2 saturated heterocycles. The maximum atomic E-state index is 6.28. The van der Waals surface area contributed by atoms with Gasteiger partial charge in [-0.2, -0.15) is 0 Å². The molecule has 0 amide bonds. The highest BCUT2D eigenvalue weighted by Crippen LogP contribution is 2.42. The van der Waals surface area contributed by atoms with E-state index in [2.05, 4.69) is 80.0 Å². The van der Waals surface area contributed by atoms with Crippen LogP contribution in [0.2, 0.25) is 0 Å². The Hall–Kier alpha value is -3.03. The van der Waals surface area contributed by atoms with Gasteiger partial charge in [-0.1, -0.05) is 24.3 Å². The molecule has 178 valence electrons. The lowest BCUT2D eigenvalue weighted by Crippen LogP contribution is -2.41. The molecular weight excluding hydrogens is 437 g/mol. The molecule has 3 aliphatic heterocycles. The standard InChI is InChI=1S/C28H30BN3O3/c1-27(2)28(3,4)35-29(34-27)19-8-9-20-18(13-19)16-33-24-15-21-17(14-22(20)24)7-10-23-25(21)31-26(30-23)32-11-5-6-12-32/h7-10,13-15H,5-6,11-12,16H2,1-4H3,(H,30,31). The number of aromatic amines is 1. The fourth-order valence-corrected chi connectivity index (χ4v) is 5.50. The van der Waals surface area contributed by atoms with Crippen LogP contribution in [0.5, 0.6) is 5.75 Å². The van der Waals surface area contributed by atoms with E-state index in [1.807, 2.05) is 0 Å². The molecule has 0 radical (unpaired) electrons. The lowest BCUT2D eigenvalue weighted by Gasteiger charge is -2.32. The fourth-order valence-electron chi connectivity index (χ4n) is 5.50. The summed E-state index contributed by atoms with van der Waals surface area (Å²) in [7, 11) is -0.374. The van der Waals surface area contributed by atoms with Crippen LogP contribution >= 0.6 is 0 Å². The van der Waals surface area contributed by atoms with E-state index in [0.717, 1.165) is 57.8 Å². The Morgan fingerprint density at radius 1 is 0.914 bits per heavy atom. The van der Waals surface area contributed by atoms with Gasteiger partial charge in [-0.25, -0.2) is 4.98 Å². The zero-order valence-electron chi connectivity index (χ0n) is 20.8. The first-order valence-electron chi connectivity index (χ1n) is 12.6. The number of imidazole rings is 1. The molecule has 0 saturated carbocycles. The number of fused-ring (bicyclic) bond motifs is 6. The van der Waals surface area contributed by atoms with Gasteiger partial charge in [-0.15, -0.1) is 0 Å². The van der Waals surface area contributed by atoms with Gasteiger partial charge in [-0.3, -0.25) is 0 Å². The van der Waals surface area contributed by atoms with Crippen molar-refractivity contribution in [1.82, 2.24) is 9.97 Å². The molecule has 35 heavy (non-hydrogen) atoms. The maximum Gasteiger partial charge on any atom is 0.494 e. The van der Waals surface area contributed by atoms with Crippen LogP contribution in [0.15, 0.2) is 42.5 Å². The highest BCUT2D eigenvalue weighted by Gasteiger charge is 2.51. The highest BCUT2D eigenvalue weighted by atomic mass is 16.7. The zero-order valence-corrected chi connectivity index (χ0v) is 20.8. The number of rotatable bonds is 2. The molecule has 0 aliphatic carbocycles. The zero-order chi connectivity index (χ0) is 23.9. The van der Waals surface area contributed by atoms with Crippen LogP contribution in [-0.4, -0.2) is 41.4 Å². The molecule has 1 aromatic heterocycles. The van der Waals surface area contributed by atoms with E-state index in [4.69, 9.17) is 19.0 Å². The summed E-state index contributed by atoms with van der Waals surface area (Å²) in [4.78, 5) is 10.8. The number of H-pyrrole nitrogens is 1. The molecule has 0 atom stereocenters. The number of hydrogen-bond acceptors (Lipinski definition) is 5. The van der Waals surface area contributed by atoms with Gasteiger partial charge in [0, 0.05) is 24.0 Å². The van der Waals surface area contributed by atoms with Crippen LogP contribution in [0.4, 0.5) is 5.95 Å².